The Balaban J connectivity index is 1.62. The van der Waals surface area contributed by atoms with E-state index in [4.69, 9.17) is 5.21 Å². The first kappa shape index (κ1) is 27.7. The number of aromatic nitrogens is 3. The van der Waals surface area contributed by atoms with E-state index in [2.05, 4.69) is 42.9 Å². The largest absolute Gasteiger partial charge is 0.325 e. The number of anilines is 1. The van der Waals surface area contributed by atoms with Crippen LogP contribution in [0.4, 0.5) is 5.69 Å². The molecule has 36 heavy (non-hydrogen) atoms. The Labute approximate surface area is 222 Å². The molecule has 0 spiro atoms. The number of halogens is 1. The van der Waals surface area contributed by atoms with Gasteiger partial charge in [-0.05, 0) is 76.9 Å². The van der Waals surface area contributed by atoms with Gasteiger partial charge < -0.3 is 5.32 Å². The molecule has 2 aromatic carbocycles. The number of rotatable bonds is 11. The molecule has 0 aliphatic carbocycles. The van der Waals surface area contributed by atoms with Gasteiger partial charge in [0.1, 0.15) is 5.92 Å². The van der Waals surface area contributed by atoms with Crippen LogP contribution in [0.3, 0.4) is 0 Å². The predicted molar refractivity (Wildman–Crippen MR) is 140 cm³/mol. The van der Waals surface area contributed by atoms with Gasteiger partial charge in [-0.25, -0.2) is 23.3 Å². The number of carbonyl (C=O) groups excluding carboxylic acids is 2. The minimum Gasteiger partial charge on any atom is -0.325 e. The normalized spacial score (nSPS) is 12.4. The molecule has 1 atom stereocenters. The molecule has 0 saturated heterocycles. The van der Waals surface area contributed by atoms with Gasteiger partial charge in [-0.2, -0.15) is 0 Å². The van der Waals surface area contributed by atoms with Gasteiger partial charge in [-0.1, -0.05) is 31.2 Å². The molecule has 1 aromatic heterocycles. The number of nitrogens with one attached hydrogen (secondary N) is 3. The van der Waals surface area contributed by atoms with E-state index in [1.165, 1.54) is 12.1 Å². The van der Waals surface area contributed by atoms with Crippen molar-refractivity contribution in [2.45, 2.75) is 38.3 Å². The molecule has 0 aliphatic heterocycles. The van der Waals surface area contributed by atoms with Gasteiger partial charge in [-0.15, -0.1) is 5.10 Å². The number of hydroxylamine groups is 1. The van der Waals surface area contributed by atoms with Crippen molar-refractivity contribution in [3.63, 3.8) is 0 Å². The molecular formula is C23H27IN6O5S. The molecule has 1 unspecified atom stereocenters. The number of hydrogen-bond donors (Lipinski definition) is 4. The molecule has 2 amide bonds. The van der Waals surface area contributed by atoms with E-state index in [1.807, 2.05) is 19.9 Å². The predicted octanol–water partition coefficient (Wildman–Crippen LogP) is 2.52. The quantitative estimate of drug-likeness (QED) is 0.110. The van der Waals surface area contributed by atoms with E-state index < -0.39 is 27.8 Å². The molecule has 0 bridgehead atoms. The lowest BCUT2D eigenvalue weighted by molar-refractivity contribution is -0.139. The fourth-order valence-electron chi connectivity index (χ4n) is 3.41. The summed E-state index contributed by atoms with van der Waals surface area (Å²) in [5.41, 5.74) is 3.29. The van der Waals surface area contributed by atoms with Gasteiger partial charge in [0.2, 0.25) is 15.9 Å². The standard InChI is InChI=1S/C23H27IN6O5S/c1-15(2)10-21(23(32)28-33)22(31)26-18-5-3-4-16(11-18)13-30-14-19(27-29-30)12-25-36(34,35)20-8-6-17(24)7-9-20/h3-9,11,14-15,21,25,33H,10,12-13H2,1-2H3,(H,26,31)(H,28,32). The van der Waals surface area contributed by atoms with Crippen molar-refractivity contribution in [2.24, 2.45) is 11.8 Å². The van der Waals surface area contributed by atoms with Crippen LogP contribution in [0.25, 0.3) is 0 Å². The summed E-state index contributed by atoms with van der Waals surface area (Å²) < 4.78 is 29.9. The summed E-state index contributed by atoms with van der Waals surface area (Å²) in [6.07, 6.45) is 1.92. The van der Waals surface area contributed by atoms with Crippen molar-refractivity contribution in [1.82, 2.24) is 25.2 Å². The Kier molecular flexibility index (Phi) is 9.53. The second-order valence-corrected chi connectivity index (χ2v) is 11.5. The van der Waals surface area contributed by atoms with E-state index in [9.17, 15) is 18.0 Å². The molecule has 3 aromatic rings. The average molecular weight is 626 g/mol. The van der Waals surface area contributed by atoms with Crippen LogP contribution in [0, 0.1) is 15.4 Å². The molecule has 11 nitrogen and oxygen atoms in total. The summed E-state index contributed by atoms with van der Waals surface area (Å²) in [7, 11) is -3.68. The molecule has 4 N–H and O–H groups in total. The third-order valence-corrected chi connectivity index (χ3v) is 7.28. The minimum absolute atomic E-state index is 0.0193. The van der Waals surface area contributed by atoms with Crippen LogP contribution in [-0.4, -0.2) is 40.4 Å². The van der Waals surface area contributed by atoms with E-state index in [1.54, 1.807) is 46.7 Å². The first-order valence-electron chi connectivity index (χ1n) is 11.1. The van der Waals surface area contributed by atoms with Crippen molar-refractivity contribution in [3.05, 3.63) is 69.6 Å². The Hall–Kier alpha value is -2.88. The number of carbonyl (C=O) groups is 2. The molecule has 0 fully saturated rings. The monoisotopic (exact) mass is 626 g/mol. The van der Waals surface area contributed by atoms with E-state index >= 15 is 0 Å². The molecular weight excluding hydrogens is 599 g/mol. The van der Waals surface area contributed by atoms with Crippen molar-refractivity contribution in [3.8, 4) is 0 Å². The highest BCUT2D eigenvalue weighted by atomic mass is 127. The molecule has 192 valence electrons. The highest BCUT2D eigenvalue weighted by Gasteiger charge is 2.27. The number of amides is 2. The number of hydrogen-bond acceptors (Lipinski definition) is 7. The fraction of sp³-hybridized carbons (Fsp3) is 0.304. The van der Waals surface area contributed by atoms with Crippen LogP contribution >= 0.6 is 22.6 Å². The summed E-state index contributed by atoms with van der Waals surface area (Å²) in [5, 5.41) is 19.7. The van der Waals surface area contributed by atoms with E-state index in [0.717, 1.165) is 9.13 Å². The number of sulfonamides is 1. The maximum atomic E-state index is 12.6. The third-order valence-electron chi connectivity index (χ3n) is 5.14. The van der Waals surface area contributed by atoms with Crippen LogP contribution in [0.15, 0.2) is 59.6 Å². The summed E-state index contributed by atoms with van der Waals surface area (Å²) in [6.45, 7) is 4.07. The molecule has 3 rings (SSSR count). The summed E-state index contributed by atoms with van der Waals surface area (Å²) in [6, 6.07) is 13.5. The van der Waals surface area contributed by atoms with E-state index in [0.29, 0.717) is 17.9 Å². The van der Waals surface area contributed by atoms with Crippen LogP contribution in [0.2, 0.25) is 0 Å². The molecule has 0 radical (unpaired) electrons. The summed E-state index contributed by atoms with van der Waals surface area (Å²) in [4.78, 5) is 24.7. The van der Waals surface area contributed by atoms with Crippen LogP contribution in [-0.2, 0) is 32.7 Å². The second-order valence-electron chi connectivity index (χ2n) is 8.53. The summed E-state index contributed by atoms with van der Waals surface area (Å²) in [5.74, 6) is -2.23. The van der Waals surface area contributed by atoms with Gasteiger partial charge in [0.05, 0.1) is 29.9 Å². The van der Waals surface area contributed by atoms with Crippen LogP contribution in [0.5, 0.6) is 0 Å². The number of benzene rings is 2. The maximum Gasteiger partial charge on any atom is 0.255 e. The lowest BCUT2D eigenvalue weighted by atomic mass is 9.95. The zero-order valence-corrected chi connectivity index (χ0v) is 22.7. The molecule has 0 saturated carbocycles. The second kappa shape index (κ2) is 12.4. The minimum atomic E-state index is -3.68. The zero-order chi connectivity index (χ0) is 26.3. The Morgan fingerprint density at radius 1 is 1.11 bits per heavy atom. The highest BCUT2D eigenvalue weighted by Crippen LogP contribution is 2.17. The Morgan fingerprint density at radius 3 is 2.50 bits per heavy atom. The SMILES string of the molecule is CC(C)CC(C(=O)NO)C(=O)Nc1cccc(Cn2cc(CNS(=O)(=O)c3ccc(I)cc3)nn2)c1. The van der Waals surface area contributed by atoms with Gasteiger partial charge in [0.15, 0.2) is 0 Å². The van der Waals surface area contributed by atoms with Crippen molar-refractivity contribution in [1.29, 1.82) is 0 Å². The smallest absolute Gasteiger partial charge is 0.255 e. The van der Waals surface area contributed by atoms with Crippen molar-refractivity contribution >= 4 is 50.1 Å². The first-order valence-corrected chi connectivity index (χ1v) is 13.6. The van der Waals surface area contributed by atoms with Gasteiger partial charge in [0, 0.05) is 9.26 Å². The van der Waals surface area contributed by atoms with Crippen molar-refractivity contribution in [2.75, 3.05) is 5.32 Å². The fourth-order valence-corrected chi connectivity index (χ4v) is 4.77. The Morgan fingerprint density at radius 2 is 1.83 bits per heavy atom. The zero-order valence-electron chi connectivity index (χ0n) is 19.7. The lowest BCUT2D eigenvalue weighted by Gasteiger charge is -2.17. The Bertz CT molecular complexity index is 1310. The van der Waals surface area contributed by atoms with Gasteiger partial charge in [-0.3, -0.25) is 14.8 Å². The summed E-state index contributed by atoms with van der Waals surface area (Å²) >= 11 is 2.10. The van der Waals surface area contributed by atoms with Crippen LogP contribution in [0.1, 0.15) is 31.5 Å². The van der Waals surface area contributed by atoms with Crippen LogP contribution < -0.4 is 15.5 Å². The third kappa shape index (κ3) is 7.81. The lowest BCUT2D eigenvalue weighted by Crippen LogP contribution is -2.37. The maximum absolute atomic E-state index is 12.6. The van der Waals surface area contributed by atoms with Crippen molar-refractivity contribution < 1.29 is 23.2 Å². The molecule has 0 aliphatic rings. The van der Waals surface area contributed by atoms with Gasteiger partial charge >= 0.3 is 0 Å². The highest BCUT2D eigenvalue weighted by molar-refractivity contribution is 14.1. The topological polar surface area (TPSA) is 155 Å². The van der Waals surface area contributed by atoms with Gasteiger partial charge in [0.25, 0.3) is 5.91 Å². The number of nitrogens with zero attached hydrogens (tertiary/aromatic N) is 3. The molecule has 13 heteroatoms. The average Bonchev–Trinajstić information content (AvgIpc) is 3.28. The molecule has 1 heterocycles. The van der Waals surface area contributed by atoms with E-state index in [-0.39, 0.29) is 23.8 Å². The first-order chi connectivity index (χ1) is 17.1.